The van der Waals surface area contributed by atoms with Gasteiger partial charge in [-0.05, 0) is 96.6 Å². The normalized spacial score (nSPS) is 26.3. The fraction of sp³-hybridized carbons (Fsp3) is 0.533. The molecule has 2 N–H and O–H groups in total. The van der Waals surface area contributed by atoms with Gasteiger partial charge in [0.15, 0.2) is 0 Å². The molecule has 4 saturated carbocycles. The molecule has 0 aliphatic heterocycles. The molecule has 0 aromatic heterocycles. The second-order valence-electron chi connectivity index (χ2n) is 12.8. The van der Waals surface area contributed by atoms with Gasteiger partial charge in [0.25, 0.3) is 0 Å². The fourth-order valence-corrected chi connectivity index (χ4v) is 8.49. The molecular weight excluding hydrogens is 648 g/mol. The average molecular weight is 675 g/mol. The quantitative estimate of drug-likeness (QED) is 0.318. The Kier molecular flexibility index (Phi) is 7.75. The lowest BCUT2D eigenvalue weighted by Crippen LogP contribution is -2.56. The van der Waals surface area contributed by atoms with Crippen LogP contribution in [0.4, 0.5) is 64.1 Å². The number of carbonyl (C=O) groups is 2. The van der Waals surface area contributed by atoms with E-state index in [0.29, 0.717) is 6.42 Å². The Morgan fingerprint density at radius 1 is 0.565 bits per heavy atom. The van der Waals surface area contributed by atoms with Crippen molar-refractivity contribution in [1.82, 2.24) is 0 Å². The number of rotatable bonds is 4. The molecule has 2 amide bonds. The maximum atomic E-state index is 14.5. The van der Waals surface area contributed by atoms with Crippen molar-refractivity contribution in [2.75, 3.05) is 10.6 Å². The molecule has 0 saturated heterocycles. The number of halogens is 12. The van der Waals surface area contributed by atoms with Crippen molar-refractivity contribution in [1.29, 1.82) is 0 Å². The highest BCUT2D eigenvalue weighted by molar-refractivity contribution is 5.90. The Bertz CT molecular complexity index is 1460. The summed E-state index contributed by atoms with van der Waals surface area (Å²) in [6, 6.07) is 0.882. The van der Waals surface area contributed by atoms with Crippen LogP contribution in [0.3, 0.4) is 0 Å². The van der Waals surface area contributed by atoms with E-state index in [1.807, 2.05) is 0 Å². The van der Waals surface area contributed by atoms with Gasteiger partial charge < -0.3 is 10.6 Å². The van der Waals surface area contributed by atoms with Gasteiger partial charge in [0, 0.05) is 13.8 Å². The van der Waals surface area contributed by atoms with Crippen molar-refractivity contribution in [3.8, 4) is 0 Å². The summed E-state index contributed by atoms with van der Waals surface area (Å²) in [5.74, 6) is -3.36. The SMILES string of the molecule is CC(=O)Nc1cc(C(F)(F)F)c(C23CC4CC(C2)CC(c2cc(C(F)(F)F)c(NC(C)=O)cc2C(F)(F)F)(C4)C3)cc1C(F)(F)F. The lowest BCUT2D eigenvalue weighted by atomic mass is 9.41. The molecule has 6 rings (SSSR count). The number of nitrogens with one attached hydrogen (secondary N) is 2. The van der Waals surface area contributed by atoms with Gasteiger partial charge in [-0.15, -0.1) is 0 Å². The Morgan fingerprint density at radius 3 is 1.13 bits per heavy atom. The first-order valence-electron chi connectivity index (χ1n) is 14.1. The summed E-state index contributed by atoms with van der Waals surface area (Å²) in [4.78, 5) is 23.2. The number of amides is 2. The molecule has 0 spiro atoms. The lowest BCUT2D eigenvalue weighted by Gasteiger charge is -2.63. The van der Waals surface area contributed by atoms with Crippen LogP contribution in [-0.2, 0) is 45.1 Å². The zero-order chi connectivity index (χ0) is 34.4. The molecule has 4 aliphatic carbocycles. The third kappa shape index (κ3) is 6.03. The summed E-state index contributed by atoms with van der Waals surface area (Å²) in [7, 11) is 0. The standard InChI is InChI=1S/C30H26F12N2O2/c1-13(45)43-23-6-19(27(31,32)33)17(4-21(23)29(37,38)39)25-8-15-3-16(9-25)11-26(10-15,12-25)18-5-22(30(40,41)42)24(44-14(2)46)7-20(18)28(34,35)36/h4-7,15-16H,3,8-12H2,1-2H3,(H,43,45)(H,44,46). The van der Waals surface area contributed by atoms with Crippen LogP contribution in [-0.4, -0.2) is 11.8 Å². The Hall–Kier alpha value is -3.46. The van der Waals surface area contributed by atoms with Crippen LogP contribution in [0.2, 0.25) is 0 Å². The maximum Gasteiger partial charge on any atom is 0.418 e. The smallest absolute Gasteiger partial charge is 0.326 e. The minimum absolute atomic E-state index is 0.122. The zero-order valence-electron chi connectivity index (χ0n) is 24.1. The predicted octanol–water partition coefficient (Wildman–Crippen LogP) is 9.47. The number of anilines is 2. The molecule has 4 aliphatic rings. The Morgan fingerprint density at radius 2 is 0.870 bits per heavy atom. The maximum absolute atomic E-state index is 14.5. The fourth-order valence-electron chi connectivity index (χ4n) is 8.49. The molecular formula is C30H26F12N2O2. The van der Waals surface area contributed by atoms with Gasteiger partial charge in [0.2, 0.25) is 11.8 Å². The Balaban J connectivity index is 1.78. The number of carbonyl (C=O) groups excluding carboxylic acids is 2. The molecule has 4 bridgehead atoms. The number of hydrogen-bond donors (Lipinski definition) is 2. The van der Waals surface area contributed by atoms with Crippen LogP contribution < -0.4 is 10.6 Å². The van der Waals surface area contributed by atoms with Crippen LogP contribution in [0, 0.1) is 11.8 Å². The van der Waals surface area contributed by atoms with E-state index in [-0.39, 0.29) is 49.9 Å². The van der Waals surface area contributed by atoms with Gasteiger partial charge >= 0.3 is 24.7 Å². The number of benzene rings is 2. The van der Waals surface area contributed by atoms with E-state index in [0.717, 1.165) is 13.8 Å². The van der Waals surface area contributed by atoms with E-state index in [9.17, 15) is 62.3 Å². The van der Waals surface area contributed by atoms with Crippen LogP contribution in [0.5, 0.6) is 0 Å². The first-order valence-corrected chi connectivity index (χ1v) is 14.1. The van der Waals surface area contributed by atoms with Gasteiger partial charge in [0.1, 0.15) is 0 Å². The van der Waals surface area contributed by atoms with Crippen LogP contribution >= 0.6 is 0 Å². The van der Waals surface area contributed by atoms with Crippen molar-refractivity contribution >= 4 is 23.2 Å². The van der Waals surface area contributed by atoms with Gasteiger partial charge in [-0.1, -0.05) is 0 Å². The molecule has 0 radical (unpaired) electrons. The molecule has 0 unspecified atom stereocenters. The highest BCUT2D eigenvalue weighted by atomic mass is 19.4. The third-order valence-corrected chi connectivity index (χ3v) is 9.36. The van der Waals surface area contributed by atoms with Crippen molar-refractivity contribution in [3.05, 3.63) is 57.6 Å². The van der Waals surface area contributed by atoms with Crippen molar-refractivity contribution in [2.45, 2.75) is 87.9 Å². The molecule has 16 heteroatoms. The van der Waals surface area contributed by atoms with E-state index < -0.39 is 110 Å². The topological polar surface area (TPSA) is 58.2 Å². The van der Waals surface area contributed by atoms with Gasteiger partial charge in [0.05, 0.1) is 33.6 Å². The van der Waals surface area contributed by atoms with E-state index >= 15 is 0 Å². The molecule has 2 aromatic carbocycles. The summed E-state index contributed by atoms with van der Waals surface area (Å²) in [6.07, 6.45) is -21.8. The monoisotopic (exact) mass is 674 g/mol. The van der Waals surface area contributed by atoms with Crippen molar-refractivity contribution in [3.63, 3.8) is 0 Å². The highest BCUT2D eigenvalue weighted by Crippen LogP contribution is 2.68. The molecule has 4 nitrogen and oxygen atoms in total. The first kappa shape index (κ1) is 33.9. The third-order valence-electron chi connectivity index (χ3n) is 9.36. The molecule has 4 fully saturated rings. The summed E-state index contributed by atoms with van der Waals surface area (Å²) < 4.78 is 172. The van der Waals surface area contributed by atoms with Crippen LogP contribution in [0.15, 0.2) is 24.3 Å². The second-order valence-corrected chi connectivity index (χ2v) is 12.8. The lowest BCUT2D eigenvalue weighted by molar-refractivity contribution is -0.144. The minimum Gasteiger partial charge on any atom is -0.326 e. The summed E-state index contributed by atoms with van der Waals surface area (Å²) in [5.41, 5.74) is -13.7. The summed E-state index contributed by atoms with van der Waals surface area (Å²) in [5, 5.41) is 3.54. The molecule has 0 heterocycles. The van der Waals surface area contributed by atoms with E-state index in [4.69, 9.17) is 0 Å². The predicted molar refractivity (Wildman–Crippen MR) is 140 cm³/mol. The molecule has 252 valence electrons. The second kappa shape index (κ2) is 10.5. The first-order chi connectivity index (χ1) is 20.8. The average Bonchev–Trinajstić information content (AvgIpc) is 2.84. The highest BCUT2D eigenvalue weighted by Gasteiger charge is 2.62. The van der Waals surface area contributed by atoms with Gasteiger partial charge in [-0.2, -0.15) is 52.7 Å². The van der Waals surface area contributed by atoms with E-state index in [2.05, 4.69) is 0 Å². The zero-order valence-corrected chi connectivity index (χ0v) is 24.1. The van der Waals surface area contributed by atoms with Gasteiger partial charge in [-0.25, -0.2) is 0 Å². The van der Waals surface area contributed by atoms with Gasteiger partial charge in [-0.3, -0.25) is 9.59 Å². The summed E-state index contributed by atoms with van der Waals surface area (Å²) in [6.45, 7) is 1.60. The van der Waals surface area contributed by atoms with Crippen LogP contribution in [0.1, 0.15) is 85.8 Å². The Labute approximate surface area is 253 Å². The van der Waals surface area contributed by atoms with Crippen LogP contribution in [0.25, 0.3) is 0 Å². The minimum atomic E-state index is -5.26. The van der Waals surface area contributed by atoms with E-state index in [1.54, 1.807) is 10.6 Å². The molecule has 46 heavy (non-hydrogen) atoms. The number of alkyl halides is 12. The molecule has 0 atom stereocenters. The number of hydrogen-bond acceptors (Lipinski definition) is 2. The molecule has 2 aromatic rings. The largest absolute Gasteiger partial charge is 0.418 e. The van der Waals surface area contributed by atoms with E-state index in [1.165, 1.54) is 0 Å². The summed E-state index contributed by atoms with van der Waals surface area (Å²) >= 11 is 0. The van der Waals surface area contributed by atoms with Crippen molar-refractivity contribution in [2.24, 2.45) is 11.8 Å². The van der Waals surface area contributed by atoms with Crippen molar-refractivity contribution < 1.29 is 62.3 Å².